The average Bonchev–Trinajstić information content (AvgIpc) is 2.44. The quantitative estimate of drug-likeness (QED) is 0.832. The summed E-state index contributed by atoms with van der Waals surface area (Å²) in [6.45, 7) is 5.15. The fraction of sp³-hybridized carbons (Fsp3) is 0.375. The van der Waals surface area contributed by atoms with E-state index in [0.717, 1.165) is 40.6 Å². The van der Waals surface area contributed by atoms with E-state index in [2.05, 4.69) is 43.0 Å². The molecule has 0 atom stereocenters. The second-order valence-corrected chi connectivity index (χ2v) is 6.02. The Balaban J connectivity index is 2.18. The van der Waals surface area contributed by atoms with Crippen LogP contribution in [0.4, 0.5) is 17.5 Å². The van der Waals surface area contributed by atoms with Crippen molar-refractivity contribution in [3.63, 3.8) is 0 Å². The number of hydrogen-bond donors (Lipinski definition) is 1. The molecule has 0 spiro atoms. The van der Waals surface area contributed by atoms with Gasteiger partial charge in [-0.1, -0.05) is 35.3 Å². The molecule has 1 N–H and O–H groups in total. The minimum Gasteiger partial charge on any atom is -0.344 e. The van der Waals surface area contributed by atoms with Crippen molar-refractivity contribution in [2.75, 3.05) is 23.8 Å². The van der Waals surface area contributed by atoms with E-state index in [1.54, 1.807) is 0 Å². The zero-order chi connectivity index (χ0) is 15.2. The molecule has 0 amide bonds. The monoisotopic (exact) mass is 348 g/mol. The van der Waals surface area contributed by atoms with Gasteiger partial charge in [-0.3, -0.25) is 0 Å². The fourth-order valence-corrected chi connectivity index (χ4v) is 2.40. The molecule has 0 unspecified atom stereocenters. The molecule has 0 bridgehead atoms. The molecule has 0 aliphatic carbocycles. The smallest absolute Gasteiger partial charge is 0.227 e. The van der Waals surface area contributed by atoms with Crippen molar-refractivity contribution in [1.82, 2.24) is 9.97 Å². The molecule has 4 nitrogen and oxygen atoms in total. The van der Waals surface area contributed by atoms with Crippen molar-refractivity contribution in [1.29, 1.82) is 0 Å². The lowest BCUT2D eigenvalue weighted by molar-refractivity contribution is 0.749. The SMILES string of the molecule is CCCCN(C)c1nc(C)cc(Nc2cccc(Br)c2)n1. The summed E-state index contributed by atoms with van der Waals surface area (Å²) in [6, 6.07) is 9.99. The van der Waals surface area contributed by atoms with Gasteiger partial charge in [0.15, 0.2) is 0 Å². The molecule has 2 rings (SSSR count). The zero-order valence-electron chi connectivity index (χ0n) is 12.7. The number of benzene rings is 1. The Morgan fingerprint density at radius 2 is 2.05 bits per heavy atom. The molecule has 0 radical (unpaired) electrons. The number of halogens is 1. The Bertz CT molecular complexity index is 601. The Kier molecular flexibility index (Phi) is 5.56. The molecule has 1 aromatic carbocycles. The van der Waals surface area contributed by atoms with E-state index in [0.29, 0.717) is 0 Å². The highest BCUT2D eigenvalue weighted by molar-refractivity contribution is 9.10. The van der Waals surface area contributed by atoms with Crippen LogP contribution < -0.4 is 10.2 Å². The summed E-state index contributed by atoms with van der Waals surface area (Å²) in [5.41, 5.74) is 1.96. The largest absolute Gasteiger partial charge is 0.344 e. The second kappa shape index (κ2) is 7.41. The van der Waals surface area contributed by atoms with Crippen LogP contribution in [0.5, 0.6) is 0 Å². The highest BCUT2D eigenvalue weighted by Gasteiger charge is 2.07. The molecule has 21 heavy (non-hydrogen) atoms. The van der Waals surface area contributed by atoms with Crippen molar-refractivity contribution in [2.45, 2.75) is 26.7 Å². The van der Waals surface area contributed by atoms with Gasteiger partial charge >= 0.3 is 0 Å². The first-order valence-corrected chi connectivity index (χ1v) is 7.97. The molecule has 5 heteroatoms. The number of nitrogens with zero attached hydrogens (tertiary/aromatic N) is 3. The maximum absolute atomic E-state index is 4.60. The van der Waals surface area contributed by atoms with Gasteiger partial charge in [0.1, 0.15) is 5.82 Å². The summed E-state index contributed by atoms with van der Waals surface area (Å²) in [5.74, 6) is 1.58. The van der Waals surface area contributed by atoms with Gasteiger partial charge in [-0.05, 0) is 31.5 Å². The number of rotatable bonds is 6. The zero-order valence-corrected chi connectivity index (χ0v) is 14.3. The van der Waals surface area contributed by atoms with E-state index in [1.165, 1.54) is 6.42 Å². The van der Waals surface area contributed by atoms with E-state index >= 15 is 0 Å². The Labute approximate surface area is 134 Å². The van der Waals surface area contributed by atoms with E-state index in [1.807, 2.05) is 44.3 Å². The third-order valence-corrected chi connectivity index (χ3v) is 3.62. The molecule has 2 aromatic rings. The predicted octanol–water partition coefficient (Wildman–Crippen LogP) is 4.53. The van der Waals surface area contributed by atoms with Crippen LogP contribution in [0, 0.1) is 6.92 Å². The van der Waals surface area contributed by atoms with Gasteiger partial charge < -0.3 is 10.2 Å². The van der Waals surface area contributed by atoms with Crippen LogP contribution in [0.1, 0.15) is 25.5 Å². The molecular formula is C16H21BrN4. The van der Waals surface area contributed by atoms with E-state index in [-0.39, 0.29) is 0 Å². The number of hydrogen-bond acceptors (Lipinski definition) is 4. The molecule has 0 saturated carbocycles. The molecule has 1 heterocycles. The molecule has 112 valence electrons. The van der Waals surface area contributed by atoms with Crippen LogP contribution in [0.2, 0.25) is 0 Å². The van der Waals surface area contributed by atoms with Gasteiger partial charge in [0.05, 0.1) is 0 Å². The van der Waals surface area contributed by atoms with Crippen molar-refractivity contribution in [2.24, 2.45) is 0 Å². The van der Waals surface area contributed by atoms with Gasteiger partial charge in [0, 0.05) is 35.5 Å². The number of aryl methyl sites for hydroxylation is 1. The minimum atomic E-state index is 0.765. The van der Waals surface area contributed by atoms with Gasteiger partial charge in [0.2, 0.25) is 5.95 Å². The summed E-state index contributed by atoms with van der Waals surface area (Å²) in [7, 11) is 2.04. The Hall–Kier alpha value is -1.62. The predicted molar refractivity (Wildman–Crippen MR) is 92.4 cm³/mol. The Morgan fingerprint density at radius 1 is 1.24 bits per heavy atom. The highest BCUT2D eigenvalue weighted by atomic mass is 79.9. The van der Waals surface area contributed by atoms with Crippen LogP contribution >= 0.6 is 15.9 Å². The van der Waals surface area contributed by atoms with E-state index in [4.69, 9.17) is 0 Å². The topological polar surface area (TPSA) is 41.1 Å². The van der Waals surface area contributed by atoms with Gasteiger partial charge in [0.25, 0.3) is 0 Å². The normalized spacial score (nSPS) is 10.5. The standard InChI is InChI=1S/C16H21BrN4/c1-4-5-9-21(3)16-18-12(2)10-15(20-16)19-14-8-6-7-13(17)11-14/h6-8,10-11H,4-5,9H2,1-3H3,(H,18,19,20). The van der Waals surface area contributed by atoms with Crippen molar-refractivity contribution in [3.8, 4) is 0 Å². The van der Waals surface area contributed by atoms with Crippen molar-refractivity contribution >= 4 is 33.4 Å². The van der Waals surface area contributed by atoms with Crippen LogP contribution in [0.3, 0.4) is 0 Å². The number of anilines is 3. The van der Waals surface area contributed by atoms with Crippen molar-refractivity contribution in [3.05, 3.63) is 40.5 Å². The number of unbranched alkanes of at least 4 members (excludes halogenated alkanes) is 1. The summed E-state index contributed by atoms with van der Waals surface area (Å²) in [4.78, 5) is 11.2. The summed E-state index contributed by atoms with van der Waals surface area (Å²) in [5, 5.41) is 3.33. The third kappa shape index (κ3) is 4.70. The lowest BCUT2D eigenvalue weighted by atomic mass is 10.3. The first-order chi connectivity index (χ1) is 10.1. The fourth-order valence-electron chi connectivity index (χ4n) is 2.00. The molecule has 0 fully saturated rings. The maximum atomic E-state index is 4.60. The minimum absolute atomic E-state index is 0.765. The number of aromatic nitrogens is 2. The van der Waals surface area contributed by atoms with Crippen molar-refractivity contribution < 1.29 is 0 Å². The van der Waals surface area contributed by atoms with Gasteiger partial charge in [-0.25, -0.2) is 4.98 Å². The maximum Gasteiger partial charge on any atom is 0.227 e. The summed E-state index contributed by atoms with van der Waals surface area (Å²) < 4.78 is 1.04. The third-order valence-electron chi connectivity index (χ3n) is 3.13. The highest BCUT2D eigenvalue weighted by Crippen LogP contribution is 2.21. The number of nitrogens with one attached hydrogen (secondary N) is 1. The Morgan fingerprint density at radius 3 is 2.76 bits per heavy atom. The average molecular weight is 349 g/mol. The molecule has 0 saturated heterocycles. The molecular weight excluding hydrogens is 328 g/mol. The molecule has 1 aromatic heterocycles. The van der Waals surface area contributed by atoms with Gasteiger partial charge in [-0.2, -0.15) is 4.98 Å². The van der Waals surface area contributed by atoms with Crippen LogP contribution in [-0.2, 0) is 0 Å². The van der Waals surface area contributed by atoms with E-state index in [9.17, 15) is 0 Å². The van der Waals surface area contributed by atoms with E-state index < -0.39 is 0 Å². The van der Waals surface area contributed by atoms with Crippen LogP contribution in [0.25, 0.3) is 0 Å². The summed E-state index contributed by atoms with van der Waals surface area (Å²) >= 11 is 3.48. The summed E-state index contributed by atoms with van der Waals surface area (Å²) in [6.07, 6.45) is 2.31. The second-order valence-electron chi connectivity index (χ2n) is 5.11. The first kappa shape index (κ1) is 15.8. The van der Waals surface area contributed by atoms with Crippen LogP contribution in [0.15, 0.2) is 34.8 Å². The molecule has 0 aliphatic heterocycles. The lowest BCUT2D eigenvalue weighted by Gasteiger charge is -2.18. The molecule has 0 aliphatic rings. The first-order valence-electron chi connectivity index (χ1n) is 7.18. The van der Waals surface area contributed by atoms with Gasteiger partial charge in [-0.15, -0.1) is 0 Å². The lowest BCUT2D eigenvalue weighted by Crippen LogP contribution is -2.21. The van der Waals surface area contributed by atoms with Crippen LogP contribution in [-0.4, -0.2) is 23.6 Å².